The van der Waals surface area contributed by atoms with Crippen LogP contribution >= 0.6 is 0 Å². The number of allylic oxidation sites excluding steroid dienone is 2. The van der Waals surface area contributed by atoms with Gasteiger partial charge >= 0.3 is 166 Å². The molecule has 0 atom stereocenters. The fourth-order valence-electron chi connectivity index (χ4n) is 5.80. The first-order chi connectivity index (χ1) is 20.6. The molecule has 1 aliphatic rings. The van der Waals surface area contributed by atoms with E-state index in [-0.39, 0.29) is 43.5 Å². The summed E-state index contributed by atoms with van der Waals surface area (Å²) in [4.78, 5) is 16.3. The van der Waals surface area contributed by atoms with Crippen molar-refractivity contribution in [3.05, 3.63) is 90.3 Å². The Morgan fingerprint density at radius 2 is 1.50 bits per heavy atom. The summed E-state index contributed by atoms with van der Waals surface area (Å²) in [6, 6.07) is 22.6. The van der Waals surface area contributed by atoms with Gasteiger partial charge in [-0.05, 0) is 25.7 Å². The van der Waals surface area contributed by atoms with Gasteiger partial charge in [-0.1, -0.05) is 27.7 Å². The molecule has 4 aromatic rings. The van der Waals surface area contributed by atoms with Crippen LogP contribution in [0.4, 0.5) is 0 Å². The van der Waals surface area contributed by atoms with Gasteiger partial charge in [0.25, 0.3) is 0 Å². The summed E-state index contributed by atoms with van der Waals surface area (Å²) in [5.41, 5.74) is 4.19. The van der Waals surface area contributed by atoms with Crippen molar-refractivity contribution < 1.29 is 37.7 Å². The SMILES string of the molecule is CC(C)c1cc(-c2nccc3c2-c2ccccc2[Se]3(=O)=O)[c-]c2ccccc12.CCC(CC)C(=O)/C=C(\O)C(CC)CC.[Ir]. The quantitative estimate of drug-likeness (QED) is 0.0703. The molecule has 5 rings (SSSR count). The van der Waals surface area contributed by atoms with Gasteiger partial charge in [0.15, 0.2) is 5.78 Å². The fraction of sp³-hybridized carbons (Fsp3) is 0.351. The Labute approximate surface area is 277 Å². The number of aliphatic hydroxyl groups excluding tert-OH is 1. The van der Waals surface area contributed by atoms with Crippen molar-refractivity contribution in [2.75, 3.05) is 0 Å². The number of pyridine rings is 1. The Kier molecular flexibility index (Phi) is 12.4. The van der Waals surface area contributed by atoms with Crippen molar-refractivity contribution in [1.82, 2.24) is 4.98 Å². The number of fused-ring (bicyclic) bond motifs is 4. The average molecular weight is 836 g/mol. The predicted molar refractivity (Wildman–Crippen MR) is 176 cm³/mol. The number of rotatable bonds is 9. The first kappa shape index (κ1) is 35.5. The van der Waals surface area contributed by atoms with Gasteiger partial charge in [-0.15, -0.1) is 0 Å². The maximum absolute atomic E-state index is 13.1. The van der Waals surface area contributed by atoms with E-state index in [1.807, 2.05) is 58.0 Å². The van der Waals surface area contributed by atoms with E-state index in [0.717, 1.165) is 42.2 Å². The van der Waals surface area contributed by atoms with Gasteiger partial charge in [0, 0.05) is 38.0 Å². The monoisotopic (exact) mass is 837 g/mol. The second-order valence-corrected chi connectivity index (χ2v) is 15.3. The molecule has 2 heterocycles. The predicted octanol–water partition coefficient (Wildman–Crippen LogP) is 8.09. The average Bonchev–Trinajstić information content (AvgIpc) is 3.24. The first-order valence-corrected chi connectivity index (χ1v) is 18.4. The zero-order valence-electron chi connectivity index (χ0n) is 26.3. The summed E-state index contributed by atoms with van der Waals surface area (Å²) in [5.74, 6) is 0.877. The van der Waals surface area contributed by atoms with Crippen LogP contribution in [0.5, 0.6) is 0 Å². The first-order valence-electron chi connectivity index (χ1n) is 15.3. The molecular weight excluding hydrogens is 794 g/mol. The smallest absolute Gasteiger partial charge is 0.162 e. The summed E-state index contributed by atoms with van der Waals surface area (Å²) in [5, 5.41) is 11.9. The van der Waals surface area contributed by atoms with Crippen LogP contribution in [0.25, 0.3) is 33.2 Å². The summed E-state index contributed by atoms with van der Waals surface area (Å²) in [6.07, 6.45) is 6.50. The van der Waals surface area contributed by atoms with E-state index in [1.54, 1.807) is 24.4 Å². The molecule has 0 unspecified atom stereocenters. The molecule has 0 bridgehead atoms. The van der Waals surface area contributed by atoms with E-state index in [4.69, 9.17) is 0 Å². The number of nitrogens with zero attached hydrogens (tertiary/aromatic N) is 1. The van der Waals surface area contributed by atoms with Crippen molar-refractivity contribution in [3.8, 4) is 22.4 Å². The molecule has 5 nitrogen and oxygen atoms in total. The van der Waals surface area contributed by atoms with Gasteiger partial charge in [0.1, 0.15) is 0 Å². The van der Waals surface area contributed by atoms with Crippen molar-refractivity contribution in [2.45, 2.75) is 73.1 Å². The molecule has 0 saturated heterocycles. The van der Waals surface area contributed by atoms with Crippen molar-refractivity contribution >= 4 is 38.2 Å². The summed E-state index contributed by atoms with van der Waals surface area (Å²) in [6.45, 7) is 12.4. The standard InChI is InChI=1S/C24H18NO2Se.C13H24O2.Ir/c1-15(2)20-14-17(13-16-7-3-4-8-18(16)20)24-23-19-9-5-6-10-21(19)28(26,27)22(23)11-12-25-24;1-5-10(6-2)12(14)9-13(15)11(7-3)8-4;/h3-12,14-15H,1-2H3;9-11,14H,5-8H2,1-4H3;/q-1;;/b;12-9-;. The van der Waals surface area contributed by atoms with Gasteiger partial charge in [0.2, 0.25) is 0 Å². The van der Waals surface area contributed by atoms with E-state index in [2.05, 4.69) is 37.0 Å². The number of aliphatic hydroxyl groups is 1. The van der Waals surface area contributed by atoms with Crippen LogP contribution < -0.4 is 8.92 Å². The van der Waals surface area contributed by atoms with E-state index in [0.29, 0.717) is 26.1 Å². The third-order valence-corrected chi connectivity index (χ3v) is 12.3. The van der Waals surface area contributed by atoms with Gasteiger partial charge in [-0.25, -0.2) is 0 Å². The number of hydrogen-bond donors (Lipinski definition) is 1. The Bertz CT molecular complexity index is 1750. The maximum atomic E-state index is 13.1. The van der Waals surface area contributed by atoms with Crippen LogP contribution in [-0.4, -0.2) is 28.6 Å². The Morgan fingerprint density at radius 3 is 2.14 bits per heavy atom. The van der Waals surface area contributed by atoms with Crippen LogP contribution in [0.2, 0.25) is 0 Å². The fourth-order valence-corrected chi connectivity index (χ4v) is 9.30. The molecule has 7 heteroatoms. The Hall–Kier alpha value is -2.95. The van der Waals surface area contributed by atoms with E-state index in [9.17, 15) is 17.6 Å². The second-order valence-electron chi connectivity index (χ2n) is 11.4. The van der Waals surface area contributed by atoms with E-state index in [1.165, 1.54) is 17.0 Å². The van der Waals surface area contributed by atoms with Crippen LogP contribution in [0, 0.1) is 17.9 Å². The summed E-state index contributed by atoms with van der Waals surface area (Å²) in [7, 11) is 0. The largest absolute Gasteiger partial charge is 0.512 e. The molecule has 1 N–H and O–H groups in total. The molecule has 44 heavy (non-hydrogen) atoms. The molecule has 235 valence electrons. The second kappa shape index (κ2) is 15.4. The molecular formula is C37H42IrNO4Se-. The number of ketones is 1. The van der Waals surface area contributed by atoms with Gasteiger partial charge in [-0.3, -0.25) is 4.79 Å². The molecule has 1 aliphatic heterocycles. The minimum absolute atomic E-state index is 0. The summed E-state index contributed by atoms with van der Waals surface area (Å²) < 4.78 is 27.0. The third kappa shape index (κ3) is 7.13. The van der Waals surface area contributed by atoms with Gasteiger partial charge in [0.05, 0.1) is 5.76 Å². The molecule has 3 aromatic carbocycles. The zero-order valence-corrected chi connectivity index (χ0v) is 30.5. The van der Waals surface area contributed by atoms with Crippen LogP contribution in [0.15, 0.2) is 78.7 Å². The van der Waals surface area contributed by atoms with Crippen LogP contribution in [0.1, 0.15) is 78.7 Å². The minimum atomic E-state index is -4.40. The number of carbonyl (C=O) groups is 1. The van der Waals surface area contributed by atoms with Crippen molar-refractivity contribution in [3.63, 3.8) is 0 Å². The molecule has 0 amide bonds. The van der Waals surface area contributed by atoms with E-state index < -0.39 is 12.7 Å². The topological polar surface area (TPSA) is 84.3 Å². The number of carbonyl (C=O) groups excluding carboxylic acids is 1. The minimum Gasteiger partial charge on any atom is -0.512 e. The molecule has 1 radical (unpaired) electrons. The van der Waals surface area contributed by atoms with Crippen LogP contribution in [0.3, 0.4) is 0 Å². The maximum Gasteiger partial charge on any atom is 0.162 e. The molecule has 0 spiro atoms. The molecule has 1 aromatic heterocycles. The number of aromatic nitrogens is 1. The Morgan fingerprint density at radius 1 is 0.886 bits per heavy atom. The normalized spacial score (nSPS) is 13.3. The molecule has 0 aliphatic carbocycles. The molecule has 0 saturated carbocycles. The van der Waals surface area contributed by atoms with Gasteiger partial charge in [-0.2, -0.15) is 0 Å². The van der Waals surface area contributed by atoms with Gasteiger partial charge < -0.3 is 5.11 Å². The van der Waals surface area contributed by atoms with Crippen LogP contribution in [-0.2, 0) is 32.6 Å². The summed E-state index contributed by atoms with van der Waals surface area (Å²) >= 11 is -4.40. The Balaban J connectivity index is 0.000000286. The van der Waals surface area contributed by atoms with E-state index >= 15 is 0 Å². The number of hydrogen-bond acceptors (Lipinski definition) is 5. The molecule has 0 fully saturated rings. The zero-order chi connectivity index (χ0) is 31.3. The third-order valence-electron chi connectivity index (χ3n) is 8.41. The van der Waals surface area contributed by atoms with Crippen molar-refractivity contribution in [2.24, 2.45) is 11.8 Å². The van der Waals surface area contributed by atoms with Crippen molar-refractivity contribution in [1.29, 1.82) is 0 Å². The number of benzene rings is 3.